The first-order valence-electron chi connectivity index (χ1n) is 9.89. The molecule has 1 N–H and O–H groups in total. The van der Waals surface area contributed by atoms with Gasteiger partial charge >= 0.3 is 0 Å². The predicted octanol–water partition coefficient (Wildman–Crippen LogP) is 2.80. The number of carbonyl (C=O) groups excluding carboxylic acids is 2. The largest absolute Gasteiger partial charge is 0.507 e. The van der Waals surface area contributed by atoms with Gasteiger partial charge in [0, 0.05) is 37.2 Å². The van der Waals surface area contributed by atoms with E-state index in [2.05, 4.69) is 9.97 Å². The van der Waals surface area contributed by atoms with E-state index in [1.807, 2.05) is 10.8 Å². The number of aryl methyl sites for hydroxylation is 1. The third kappa shape index (κ3) is 4.05. The van der Waals surface area contributed by atoms with Gasteiger partial charge in [0.15, 0.2) is 0 Å². The molecule has 3 aromatic rings. The molecular formula is C23H22N4O4. The number of imidazole rings is 1. The second kappa shape index (κ2) is 8.83. The van der Waals surface area contributed by atoms with Crippen molar-refractivity contribution in [1.29, 1.82) is 0 Å². The number of aromatic nitrogens is 3. The fourth-order valence-corrected chi connectivity index (χ4v) is 3.70. The van der Waals surface area contributed by atoms with Crippen molar-refractivity contribution in [2.75, 3.05) is 13.7 Å². The number of methoxy groups -OCH3 is 1. The Balaban J connectivity index is 1.70. The summed E-state index contributed by atoms with van der Waals surface area (Å²) < 4.78 is 7.06. The molecular weight excluding hydrogens is 396 g/mol. The molecule has 1 amide bonds. The van der Waals surface area contributed by atoms with Crippen LogP contribution in [0.2, 0.25) is 0 Å². The number of aliphatic hydroxyl groups is 1. The van der Waals surface area contributed by atoms with E-state index in [9.17, 15) is 14.7 Å². The van der Waals surface area contributed by atoms with Crippen LogP contribution in [-0.2, 0) is 16.1 Å². The summed E-state index contributed by atoms with van der Waals surface area (Å²) in [6, 6.07) is 11.2. The maximum absolute atomic E-state index is 13.0. The second-order valence-electron chi connectivity index (χ2n) is 7.13. The number of hydrogen-bond acceptors (Lipinski definition) is 6. The number of rotatable bonds is 7. The van der Waals surface area contributed by atoms with E-state index in [1.54, 1.807) is 68.3 Å². The molecule has 1 aliphatic rings. The van der Waals surface area contributed by atoms with Crippen molar-refractivity contribution in [3.63, 3.8) is 0 Å². The average Bonchev–Trinajstić information content (AvgIpc) is 3.41. The number of likely N-dealkylation sites (tertiary alicyclic amines) is 1. The highest BCUT2D eigenvalue weighted by Crippen LogP contribution is 2.38. The van der Waals surface area contributed by atoms with Crippen molar-refractivity contribution in [2.24, 2.45) is 0 Å². The first-order chi connectivity index (χ1) is 15.1. The zero-order chi connectivity index (χ0) is 21.8. The Morgan fingerprint density at radius 3 is 2.55 bits per heavy atom. The van der Waals surface area contributed by atoms with Crippen LogP contribution < -0.4 is 4.74 Å². The Hall–Kier alpha value is -3.94. The molecule has 1 aliphatic heterocycles. The van der Waals surface area contributed by atoms with Gasteiger partial charge in [-0.15, -0.1) is 0 Å². The molecule has 1 fully saturated rings. The highest BCUT2D eigenvalue weighted by Gasteiger charge is 2.46. The number of ether oxygens (including phenoxy) is 1. The number of carbonyl (C=O) groups is 2. The lowest BCUT2D eigenvalue weighted by Crippen LogP contribution is -2.31. The summed E-state index contributed by atoms with van der Waals surface area (Å²) in [6.45, 7) is 0.986. The zero-order valence-electron chi connectivity index (χ0n) is 17.0. The van der Waals surface area contributed by atoms with Crippen LogP contribution in [0, 0.1) is 0 Å². The molecule has 8 heteroatoms. The minimum absolute atomic E-state index is 0.0384. The van der Waals surface area contributed by atoms with Gasteiger partial charge in [0.25, 0.3) is 11.7 Å². The van der Waals surface area contributed by atoms with E-state index in [1.165, 1.54) is 4.90 Å². The van der Waals surface area contributed by atoms with Crippen molar-refractivity contribution in [2.45, 2.75) is 19.0 Å². The molecule has 0 bridgehead atoms. The molecule has 0 spiro atoms. The quantitative estimate of drug-likeness (QED) is 0.360. The van der Waals surface area contributed by atoms with Gasteiger partial charge in [-0.25, -0.2) is 4.98 Å². The van der Waals surface area contributed by atoms with Crippen LogP contribution in [0.1, 0.15) is 23.7 Å². The van der Waals surface area contributed by atoms with Gasteiger partial charge in [-0.1, -0.05) is 6.07 Å². The first kappa shape index (κ1) is 20.3. The molecule has 0 aliphatic carbocycles. The number of Topliss-reactive ketones (excluding diaryl/α,β-unsaturated/α-hetero) is 1. The highest BCUT2D eigenvalue weighted by molar-refractivity contribution is 6.46. The lowest BCUT2D eigenvalue weighted by atomic mass is 9.98. The molecule has 0 saturated carbocycles. The van der Waals surface area contributed by atoms with E-state index in [0.717, 1.165) is 0 Å². The Kier molecular flexibility index (Phi) is 5.79. The Morgan fingerprint density at radius 2 is 1.90 bits per heavy atom. The smallest absolute Gasteiger partial charge is 0.295 e. The van der Waals surface area contributed by atoms with Crippen LogP contribution in [0.3, 0.4) is 0 Å². The van der Waals surface area contributed by atoms with Gasteiger partial charge in [-0.3, -0.25) is 14.6 Å². The SMILES string of the molecule is COc1ccc(/C(O)=C2\C(=O)C(=O)N(CCCn3ccnc3)C2c2ccccn2)cc1. The average molecular weight is 418 g/mol. The van der Waals surface area contributed by atoms with Gasteiger partial charge in [-0.05, 0) is 42.8 Å². The third-order valence-corrected chi connectivity index (χ3v) is 5.25. The molecule has 31 heavy (non-hydrogen) atoms. The van der Waals surface area contributed by atoms with Crippen molar-refractivity contribution < 1.29 is 19.4 Å². The fraction of sp³-hybridized carbons (Fsp3) is 0.217. The van der Waals surface area contributed by atoms with E-state index in [0.29, 0.717) is 36.5 Å². The maximum Gasteiger partial charge on any atom is 0.295 e. The summed E-state index contributed by atoms with van der Waals surface area (Å²) in [5.41, 5.74) is 0.994. The monoisotopic (exact) mass is 418 g/mol. The summed E-state index contributed by atoms with van der Waals surface area (Å²) in [5, 5.41) is 11.0. The Labute approximate surface area is 179 Å². The molecule has 3 heterocycles. The molecule has 2 aromatic heterocycles. The number of nitrogens with zero attached hydrogens (tertiary/aromatic N) is 4. The number of pyridine rings is 1. The molecule has 1 unspecified atom stereocenters. The molecule has 1 atom stereocenters. The highest BCUT2D eigenvalue weighted by atomic mass is 16.5. The fourth-order valence-electron chi connectivity index (χ4n) is 3.70. The summed E-state index contributed by atoms with van der Waals surface area (Å²) in [4.78, 5) is 35.7. The lowest BCUT2D eigenvalue weighted by molar-refractivity contribution is -0.140. The Morgan fingerprint density at radius 1 is 1.10 bits per heavy atom. The zero-order valence-corrected chi connectivity index (χ0v) is 17.0. The second-order valence-corrected chi connectivity index (χ2v) is 7.13. The third-order valence-electron chi connectivity index (χ3n) is 5.25. The number of hydrogen-bond donors (Lipinski definition) is 1. The van der Waals surface area contributed by atoms with E-state index in [-0.39, 0.29) is 11.3 Å². The van der Waals surface area contributed by atoms with Gasteiger partial charge in [0.2, 0.25) is 0 Å². The summed E-state index contributed by atoms with van der Waals surface area (Å²) >= 11 is 0. The van der Waals surface area contributed by atoms with Gasteiger partial charge in [0.1, 0.15) is 17.6 Å². The molecule has 8 nitrogen and oxygen atoms in total. The topological polar surface area (TPSA) is 97.6 Å². The van der Waals surface area contributed by atoms with E-state index >= 15 is 0 Å². The van der Waals surface area contributed by atoms with Gasteiger partial charge < -0.3 is 19.3 Å². The lowest BCUT2D eigenvalue weighted by Gasteiger charge is -2.24. The van der Waals surface area contributed by atoms with Crippen LogP contribution in [0.4, 0.5) is 0 Å². The Bertz CT molecular complexity index is 1090. The summed E-state index contributed by atoms with van der Waals surface area (Å²) in [6.07, 6.45) is 7.46. The molecule has 1 saturated heterocycles. The van der Waals surface area contributed by atoms with Crippen molar-refractivity contribution >= 4 is 17.4 Å². The summed E-state index contributed by atoms with van der Waals surface area (Å²) in [5.74, 6) is -0.963. The minimum atomic E-state index is -0.758. The van der Waals surface area contributed by atoms with Crippen LogP contribution in [0.15, 0.2) is 73.0 Å². The number of amides is 1. The number of benzene rings is 1. The van der Waals surface area contributed by atoms with Crippen LogP contribution in [0.5, 0.6) is 5.75 Å². The predicted molar refractivity (Wildman–Crippen MR) is 113 cm³/mol. The van der Waals surface area contributed by atoms with Gasteiger partial charge in [0.05, 0.1) is 24.7 Å². The maximum atomic E-state index is 13.0. The minimum Gasteiger partial charge on any atom is -0.507 e. The first-order valence-corrected chi connectivity index (χ1v) is 9.89. The molecule has 1 aromatic carbocycles. The van der Waals surface area contributed by atoms with Crippen LogP contribution in [0.25, 0.3) is 5.76 Å². The molecule has 4 rings (SSSR count). The normalized spacial score (nSPS) is 17.8. The van der Waals surface area contributed by atoms with Gasteiger partial charge in [-0.2, -0.15) is 0 Å². The van der Waals surface area contributed by atoms with E-state index < -0.39 is 17.7 Å². The molecule has 0 radical (unpaired) electrons. The van der Waals surface area contributed by atoms with Crippen LogP contribution >= 0.6 is 0 Å². The number of ketones is 1. The standard InChI is InChI=1S/C23H22N4O4/c1-31-17-8-6-16(7-9-17)21(28)19-20(18-5-2-3-10-25-18)27(23(30)22(19)29)13-4-12-26-14-11-24-15-26/h2-3,5-11,14-15,20,28H,4,12-13H2,1H3/b21-19+. The van der Waals surface area contributed by atoms with Crippen molar-refractivity contribution in [3.05, 3.63) is 84.2 Å². The van der Waals surface area contributed by atoms with Crippen molar-refractivity contribution in [1.82, 2.24) is 19.4 Å². The van der Waals surface area contributed by atoms with Crippen molar-refractivity contribution in [3.8, 4) is 5.75 Å². The number of aliphatic hydroxyl groups excluding tert-OH is 1. The van der Waals surface area contributed by atoms with E-state index in [4.69, 9.17) is 4.74 Å². The molecule has 158 valence electrons. The van der Waals surface area contributed by atoms with Crippen LogP contribution in [-0.4, -0.2) is 49.9 Å². The summed E-state index contributed by atoms with van der Waals surface area (Å²) in [7, 11) is 1.55.